The van der Waals surface area contributed by atoms with Crippen molar-refractivity contribution in [1.29, 1.82) is 0 Å². The molecule has 11 heavy (non-hydrogen) atoms. The monoisotopic (exact) mass is 148 g/mol. The number of aromatic nitrogens is 1. The maximum absolute atomic E-state index is 5.77. The fourth-order valence-electron chi connectivity index (χ4n) is 1.45. The highest BCUT2D eigenvalue weighted by atomic mass is 14.7. The molecule has 0 saturated heterocycles. The van der Waals surface area contributed by atoms with E-state index in [4.69, 9.17) is 5.73 Å². The van der Waals surface area contributed by atoms with E-state index in [0.29, 0.717) is 5.92 Å². The lowest BCUT2D eigenvalue weighted by molar-refractivity contribution is 0.412. The van der Waals surface area contributed by atoms with E-state index in [2.05, 4.69) is 4.98 Å². The number of anilines is 1. The Kier molecular flexibility index (Phi) is 1.53. The van der Waals surface area contributed by atoms with Gasteiger partial charge < -0.3 is 5.73 Å². The summed E-state index contributed by atoms with van der Waals surface area (Å²) in [7, 11) is 0. The van der Waals surface area contributed by atoms with Crippen LogP contribution in [0.2, 0.25) is 0 Å². The van der Waals surface area contributed by atoms with Crippen LogP contribution in [-0.2, 0) is 0 Å². The van der Waals surface area contributed by atoms with Crippen LogP contribution >= 0.6 is 0 Å². The first-order chi connectivity index (χ1) is 5.38. The van der Waals surface area contributed by atoms with Gasteiger partial charge in [-0.2, -0.15) is 0 Å². The Hall–Kier alpha value is -1.05. The Bertz CT molecular complexity index is 253. The third kappa shape index (κ3) is 1.09. The topological polar surface area (TPSA) is 38.9 Å². The maximum Gasteiger partial charge on any atom is 0.0663 e. The number of hydrogen-bond acceptors (Lipinski definition) is 2. The van der Waals surface area contributed by atoms with Crippen LogP contribution in [0.1, 0.15) is 30.9 Å². The molecule has 0 aromatic carbocycles. The summed E-state index contributed by atoms with van der Waals surface area (Å²) >= 11 is 0. The first kappa shape index (κ1) is 6.65. The molecule has 1 aliphatic carbocycles. The molecule has 1 aromatic rings. The zero-order valence-corrected chi connectivity index (χ0v) is 6.46. The number of nitrogen functional groups attached to an aromatic ring is 1. The summed E-state index contributed by atoms with van der Waals surface area (Å²) in [4.78, 5) is 4.28. The van der Waals surface area contributed by atoms with E-state index in [9.17, 15) is 0 Å². The van der Waals surface area contributed by atoms with Crippen LogP contribution in [-0.4, -0.2) is 4.98 Å². The zero-order chi connectivity index (χ0) is 7.68. The van der Waals surface area contributed by atoms with Crippen LogP contribution < -0.4 is 5.73 Å². The minimum atomic E-state index is 0.649. The summed E-state index contributed by atoms with van der Waals surface area (Å²) in [5, 5.41) is 0. The van der Waals surface area contributed by atoms with Gasteiger partial charge >= 0.3 is 0 Å². The Morgan fingerprint density at radius 3 is 2.82 bits per heavy atom. The Labute approximate surface area is 66.4 Å². The Morgan fingerprint density at radius 2 is 2.27 bits per heavy atom. The standard InChI is InChI=1S/C9H12N2/c10-8-5-2-6-11-9(8)7-3-1-4-7/h2,5-7H,1,3-4,10H2. The quantitative estimate of drug-likeness (QED) is 0.661. The van der Waals surface area contributed by atoms with Gasteiger partial charge in [0.2, 0.25) is 0 Å². The first-order valence-electron chi connectivity index (χ1n) is 4.08. The average molecular weight is 148 g/mol. The van der Waals surface area contributed by atoms with Crippen LogP contribution in [0.3, 0.4) is 0 Å². The van der Waals surface area contributed by atoms with Crippen molar-refractivity contribution in [3.8, 4) is 0 Å². The van der Waals surface area contributed by atoms with Crippen LogP contribution in [0.15, 0.2) is 18.3 Å². The van der Waals surface area contributed by atoms with Gasteiger partial charge in [-0.3, -0.25) is 4.98 Å². The summed E-state index contributed by atoms with van der Waals surface area (Å²) in [6.45, 7) is 0. The molecule has 2 heteroatoms. The van der Waals surface area contributed by atoms with Crippen LogP contribution in [0.4, 0.5) is 5.69 Å². The second kappa shape index (κ2) is 2.53. The first-order valence-corrected chi connectivity index (χ1v) is 4.08. The van der Waals surface area contributed by atoms with E-state index in [-0.39, 0.29) is 0 Å². The number of nitrogens with zero attached hydrogens (tertiary/aromatic N) is 1. The average Bonchev–Trinajstić information content (AvgIpc) is 1.90. The highest BCUT2D eigenvalue weighted by molar-refractivity contribution is 5.44. The van der Waals surface area contributed by atoms with Gasteiger partial charge in [-0.05, 0) is 25.0 Å². The van der Waals surface area contributed by atoms with E-state index in [1.165, 1.54) is 19.3 Å². The summed E-state index contributed by atoms with van der Waals surface area (Å²) in [5.74, 6) is 0.649. The van der Waals surface area contributed by atoms with Crippen molar-refractivity contribution in [3.05, 3.63) is 24.0 Å². The summed E-state index contributed by atoms with van der Waals surface area (Å²) in [6, 6.07) is 3.82. The van der Waals surface area contributed by atoms with Gasteiger partial charge in [0.25, 0.3) is 0 Å². The smallest absolute Gasteiger partial charge is 0.0663 e. The molecule has 0 bridgehead atoms. The molecule has 0 radical (unpaired) electrons. The van der Waals surface area contributed by atoms with Crippen molar-refractivity contribution >= 4 is 5.69 Å². The molecular formula is C9H12N2. The van der Waals surface area contributed by atoms with Gasteiger partial charge in [-0.1, -0.05) is 6.42 Å². The largest absolute Gasteiger partial charge is 0.397 e. The van der Waals surface area contributed by atoms with Gasteiger partial charge in [0.1, 0.15) is 0 Å². The molecular weight excluding hydrogens is 136 g/mol. The third-order valence-corrected chi connectivity index (χ3v) is 2.36. The SMILES string of the molecule is Nc1cccnc1C1CCC1. The molecule has 2 rings (SSSR count). The van der Waals surface area contributed by atoms with Crippen LogP contribution in [0, 0.1) is 0 Å². The lowest BCUT2D eigenvalue weighted by atomic mass is 9.82. The highest BCUT2D eigenvalue weighted by Crippen LogP contribution is 2.37. The van der Waals surface area contributed by atoms with Gasteiger partial charge in [0, 0.05) is 12.1 Å². The van der Waals surface area contributed by atoms with Gasteiger partial charge in [-0.15, -0.1) is 0 Å². The molecule has 2 nitrogen and oxygen atoms in total. The van der Waals surface area contributed by atoms with Gasteiger partial charge in [-0.25, -0.2) is 0 Å². The minimum Gasteiger partial charge on any atom is -0.397 e. The lowest BCUT2D eigenvalue weighted by Crippen LogP contribution is -2.12. The third-order valence-electron chi connectivity index (χ3n) is 2.36. The summed E-state index contributed by atoms with van der Waals surface area (Å²) in [6.07, 6.45) is 5.69. The number of rotatable bonds is 1. The molecule has 0 atom stereocenters. The predicted molar refractivity (Wildman–Crippen MR) is 45.2 cm³/mol. The molecule has 2 N–H and O–H groups in total. The molecule has 1 aromatic heterocycles. The fraction of sp³-hybridized carbons (Fsp3) is 0.444. The molecule has 1 heterocycles. The molecule has 1 fully saturated rings. The summed E-state index contributed by atoms with van der Waals surface area (Å²) in [5.41, 5.74) is 7.74. The van der Waals surface area contributed by atoms with Crippen molar-refractivity contribution < 1.29 is 0 Å². The van der Waals surface area contributed by atoms with E-state index < -0.39 is 0 Å². The molecule has 1 saturated carbocycles. The summed E-state index contributed by atoms with van der Waals surface area (Å²) < 4.78 is 0. The normalized spacial score (nSPS) is 17.8. The van der Waals surface area contributed by atoms with Gasteiger partial charge in [0.15, 0.2) is 0 Å². The van der Waals surface area contributed by atoms with Crippen molar-refractivity contribution in [2.75, 3.05) is 5.73 Å². The number of pyridine rings is 1. The maximum atomic E-state index is 5.77. The Morgan fingerprint density at radius 1 is 1.45 bits per heavy atom. The van der Waals surface area contributed by atoms with Crippen molar-refractivity contribution in [3.63, 3.8) is 0 Å². The van der Waals surface area contributed by atoms with E-state index >= 15 is 0 Å². The van der Waals surface area contributed by atoms with E-state index in [1.807, 2.05) is 18.3 Å². The fourth-order valence-corrected chi connectivity index (χ4v) is 1.45. The number of hydrogen-bond donors (Lipinski definition) is 1. The van der Waals surface area contributed by atoms with E-state index in [1.54, 1.807) is 0 Å². The zero-order valence-electron chi connectivity index (χ0n) is 6.46. The van der Waals surface area contributed by atoms with Crippen LogP contribution in [0.5, 0.6) is 0 Å². The molecule has 1 aliphatic rings. The van der Waals surface area contributed by atoms with Gasteiger partial charge in [0.05, 0.1) is 11.4 Å². The molecule has 0 spiro atoms. The second-order valence-electron chi connectivity index (χ2n) is 3.11. The predicted octanol–water partition coefficient (Wildman–Crippen LogP) is 1.93. The van der Waals surface area contributed by atoms with E-state index in [0.717, 1.165) is 11.4 Å². The Balaban J connectivity index is 2.28. The van der Waals surface area contributed by atoms with Crippen molar-refractivity contribution in [2.45, 2.75) is 25.2 Å². The molecule has 0 unspecified atom stereocenters. The van der Waals surface area contributed by atoms with Crippen molar-refractivity contribution in [2.24, 2.45) is 0 Å². The van der Waals surface area contributed by atoms with Crippen molar-refractivity contribution in [1.82, 2.24) is 4.98 Å². The highest BCUT2D eigenvalue weighted by Gasteiger charge is 2.22. The molecule has 0 aliphatic heterocycles. The molecule has 0 amide bonds. The lowest BCUT2D eigenvalue weighted by Gasteiger charge is -2.25. The minimum absolute atomic E-state index is 0.649. The molecule has 58 valence electrons. The van der Waals surface area contributed by atoms with Crippen LogP contribution in [0.25, 0.3) is 0 Å². The second-order valence-corrected chi connectivity index (χ2v) is 3.11. The number of nitrogens with two attached hydrogens (primary N) is 1.